The van der Waals surface area contributed by atoms with Crippen LogP contribution >= 0.6 is 11.6 Å². The molecule has 4 heteroatoms. The van der Waals surface area contributed by atoms with E-state index in [1.165, 1.54) is 32.1 Å². The van der Waals surface area contributed by atoms with Crippen molar-refractivity contribution in [1.82, 2.24) is 4.98 Å². The highest BCUT2D eigenvalue weighted by molar-refractivity contribution is 6.31. The lowest BCUT2D eigenvalue weighted by Gasteiger charge is -2.26. The first-order valence-electron chi connectivity index (χ1n) is 6.41. The first-order chi connectivity index (χ1) is 8.31. The Morgan fingerprint density at radius 3 is 2.41 bits per heavy atom. The Hall–Kier alpha value is -0.800. The lowest BCUT2D eigenvalue weighted by molar-refractivity contribution is 0.553. The highest BCUT2D eigenvalue weighted by atomic mass is 35.5. The highest BCUT2D eigenvalue weighted by Crippen LogP contribution is 2.21. The third kappa shape index (κ3) is 3.33. The molecule has 1 aliphatic heterocycles. The zero-order valence-electron chi connectivity index (χ0n) is 10.2. The van der Waals surface area contributed by atoms with Gasteiger partial charge in [-0.2, -0.15) is 0 Å². The van der Waals surface area contributed by atoms with Crippen LogP contribution in [0.4, 0.5) is 5.82 Å². The lowest BCUT2D eigenvalue weighted by atomic mass is 10.1. The average molecular weight is 254 g/mol. The fourth-order valence-corrected chi connectivity index (χ4v) is 2.45. The molecule has 2 heterocycles. The fraction of sp³-hybridized carbons (Fsp3) is 0.615. The van der Waals surface area contributed by atoms with Gasteiger partial charge in [0.05, 0.1) is 10.7 Å². The van der Waals surface area contributed by atoms with E-state index in [0.717, 1.165) is 24.6 Å². The summed E-state index contributed by atoms with van der Waals surface area (Å²) in [5.41, 5.74) is 6.44. The summed E-state index contributed by atoms with van der Waals surface area (Å²) < 4.78 is 0. The van der Waals surface area contributed by atoms with E-state index in [1.807, 2.05) is 12.1 Å². The maximum atomic E-state index is 6.03. The Morgan fingerprint density at radius 2 is 1.76 bits per heavy atom. The van der Waals surface area contributed by atoms with Gasteiger partial charge in [-0.25, -0.2) is 4.98 Å². The van der Waals surface area contributed by atoms with Gasteiger partial charge in [-0.3, -0.25) is 0 Å². The van der Waals surface area contributed by atoms with E-state index in [2.05, 4.69) is 9.88 Å². The summed E-state index contributed by atoms with van der Waals surface area (Å²) in [5.74, 6) is 1.02. The molecule has 3 nitrogen and oxygen atoms in total. The largest absolute Gasteiger partial charge is 0.357 e. The van der Waals surface area contributed by atoms with Crippen LogP contribution in [0.1, 0.15) is 37.8 Å². The molecule has 1 aromatic heterocycles. The Kier molecular flexibility index (Phi) is 4.63. The van der Waals surface area contributed by atoms with Crippen molar-refractivity contribution in [3.63, 3.8) is 0 Å². The van der Waals surface area contributed by atoms with Crippen LogP contribution in [0, 0.1) is 0 Å². The van der Waals surface area contributed by atoms with Gasteiger partial charge in [-0.05, 0) is 25.0 Å². The second-order valence-corrected chi connectivity index (χ2v) is 4.96. The van der Waals surface area contributed by atoms with E-state index < -0.39 is 0 Å². The van der Waals surface area contributed by atoms with Gasteiger partial charge in [-0.1, -0.05) is 30.9 Å². The predicted molar refractivity (Wildman–Crippen MR) is 72.4 cm³/mol. The van der Waals surface area contributed by atoms with E-state index in [-0.39, 0.29) is 0 Å². The van der Waals surface area contributed by atoms with Crippen molar-refractivity contribution in [2.45, 2.75) is 38.6 Å². The molecule has 0 aliphatic carbocycles. The summed E-state index contributed by atoms with van der Waals surface area (Å²) in [6.45, 7) is 2.60. The van der Waals surface area contributed by atoms with Crippen LogP contribution in [0.15, 0.2) is 12.1 Å². The summed E-state index contributed by atoms with van der Waals surface area (Å²) >= 11 is 6.03. The van der Waals surface area contributed by atoms with Crippen LogP contribution in [-0.4, -0.2) is 18.1 Å². The molecule has 0 atom stereocenters. The number of aromatic nitrogens is 1. The standard InChI is InChI=1S/C13H20ClN3/c14-11-6-7-13(16-12(11)10-15)17-8-4-2-1-3-5-9-17/h6-7H,1-5,8-10,15H2. The zero-order chi connectivity index (χ0) is 12.1. The fourth-order valence-electron chi connectivity index (χ4n) is 2.27. The molecule has 0 saturated carbocycles. The van der Waals surface area contributed by atoms with Gasteiger partial charge >= 0.3 is 0 Å². The average Bonchev–Trinajstić information content (AvgIpc) is 2.30. The minimum absolute atomic E-state index is 0.403. The number of rotatable bonds is 2. The summed E-state index contributed by atoms with van der Waals surface area (Å²) in [6, 6.07) is 3.91. The van der Waals surface area contributed by atoms with Gasteiger partial charge in [0.1, 0.15) is 5.82 Å². The molecule has 0 radical (unpaired) electrons. The third-order valence-electron chi connectivity index (χ3n) is 3.28. The minimum Gasteiger partial charge on any atom is -0.357 e. The topological polar surface area (TPSA) is 42.1 Å². The van der Waals surface area contributed by atoms with E-state index in [4.69, 9.17) is 17.3 Å². The smallest absolute Gasteiger partial charge is 0.128 e. The molecule has 0 aromatic carbocycles. The molecule has 1 saturated heterocycles. The lowest BCUT2D eigenvalue weighted by Crippen LogP contribution is -2.28. The van der Waals surface area contributed by atoms with Gasteiger partial charge < -0.3 is 10.6 Å². The molecule has 2 rings (SSSR count). The van der Waals surface area contributed by atoms with Crippen LogP contribution in [0.3, 0.4) is 0 Å². The van der Waals surface area contributed by atoms with Crippen LogP contribution in [0.5, 0.6) is 0 Å². The molecule has 17 heavy (non-hydrogen) atoms. The summed E-state index contributed by atoms with van der Waals surface area (Å²) in [4.78, 5) is 6.91. The van der Waals surface area contributed by atoms with Gasteiger partial charge in [0.15, 0.2) is 0 Å². The Morgan fingerprint density at radius 1 is 1.12 bits per heavy atom. The molecule has 0 unspecified atom stereocenters. The Bertz CT molecular complexity index is 360. The molecule has 94 valence electrons. The zero-order valence-corrected chi connectivity index (χ0v) is 10.9. The number of nitrogens with two attached hydrogens (primary N) is 1. The second-order valence-electron chi connectivity index (χ2n) is 4.56. The van der Waals surface area contributed by atoms with Crippen LogP contribution in [-0.2, 0) is 6.54 Å². The summed E-state index contributed by atoms with van der Waals surface area (Å²) in [6.07, 6.45) is 6.53. The van der Waals surface area contributed by atoms with Crippen LogP contribution in [0.2, 0.25) is 5.02 Å². The molecular weight excluding hydrogens is 234 g/mol. The summed E-state index contributed by atoms with van der Waals surface area (Å²) in [5, 5.41) is 0.670. The van der Waals surface area contributed by atoms with Gasteiger partial charge in [0, 0.05) is 19.6 Å². The van der Waals surface area contributed by atoms with E-state index in [0.29, 0.717) is 11.6 Å². The van der Waals surface area contributed by atoms with Crippen molar-refractivity contribution in [1.29, 1.82) is 0 Å². The minimum atomic E-state index is 0.403. The van der Waals surface area contributed by atoms with Crippen molar-refractivity contribution in [3.8, 4) is 0 Å². The number of pyridine rings is 1. The van der Waals surface area contributed by atoms with Crippen molar-refractivity contribution in [2.24, 2.45) is 5.73 Å². The van der Waals surface area contributed by atoms with E-state index in [1.54, 1.807) is 0 Å². The summed E-state index contributed by atoms with van der Waals surface area (Å²) in [7, 11) is 0. The number of nitrogens with zero attached hydrogens (tertiary/aromatic N) is 2. The molecule has 1 aromatic rings. The third-order valence-corrected chi connectivity index (χ3v) is 3.62. The normalized spacial score (nSPS) is 17.6. The SMILES string of the molecule is NCc1nc(N2CCCCCCC2)ccc1Cl. The van der Waals surface area contributed by atoms with Crippen molar-refractivity contribution < 1.29 is 0 Å². The van der Waals surface area contributed by atoms with Gasteiger partial charge in [-0.15, -0.1) is 0 Å². The van der Waals surface area contributed by atoms with Crippen molar-refractivity contribution in [2.75, 3.05) is 18.0 Å². The van der Waals surface area contributed by atoms with Gasteiger partial charge in [0.2, 0.25) is 0 Å². The van der Waals surface area contributed by atoms with Gasteiger partial charge in [0.25, 0.3) is 0 Å². The number of anilines is 1. The maximum absolute atomic E-state index is 6.03. The molecule has 0 spiro atoms. The predicted octanol–water partition coefficient (Wildman–Crippen LogP) is 2.96. The highest BCUT2D eigenvalue weighted by Gasteiger charge is 2.11. The molecule has 1 fully saturated rings. The first-order valence-corrected chi connectivity index (χ1v) is 6.79. The van der Waals surface area contributed by atoms with Crippen molar-refractivity contribution in [3.05, 3.63) is 22.8 Å². The molecular formula is C13H20ClN3. The van der Waals surface area contributed by atoms with E-state index >= 15 is 0 Å². The molecule has 0 bridgehead atoms. The second kappa shape index (κ2) is 6.22. The van der Waals surface area contributed by atoms with E-state index in [9.17, 15) is 0 Å². The maximum Gasteiger partial charge on any atom is 0.128 e. The molecule has 2 N–H and O–H groups in total. The quantitative estimate of drug-likeness (QED) is 0.881. The Balaban J connectivity index is 2.13. The molecule has 1 aliphatic rings. The van der Waals surface area contributed by atoms with Crippen LogP contribution in [0.25, 0.3) is 0 Å². The first kappa shape index (κ1) is 12.7. The number of hydrogen-bond donors (Lipinski definition) is 1. The Labute approximate surface area is 108 Å². The van der Waals surface area contributed by atoms with Crippen molar-refractivity contribution >= 4 is 17.4 Å². The van der Waals surface area contributed by atoms with Crippen LogP contribution < -0.4 is 10.6 Å². The monoisotopic (exact) mass is 253 g/mol. The number of hydrogen-bond acceptors (Lipinski definition) is 3. The number of halogens is 1. The molecule has 0 amide bonds.